The Balaban J connectivity index is 1.61. The molecule has 4 rings (SSSR count). The standard InChI is InChI=1S/C22H29N3O3/c1-14-23-17-9-15(5-6-18(17)24(14)8-7-19(26)27)20(28)25-13-22(4)11-16(25)10-21(2,3)12-22/h5-6,9,16H,7-8,10-13H2,1-4H3,(H,26,27). The molecule has 1 aliphatic carbocycles. The van der Waals surface area contributed by atoms with E-state index in [1.54, 1.807) is 0 Å². The number of imidazole rings is 1. The van der Waals surface area contributed by atoms with Gasteiger partial charge >= 0.3 is 5.97 Å². The molecule has 2 unspecified atom stereocenters. The molecule has 6 heteroatoms. The number of fused-ring (bicyclic) bond motifs is 3. The van der Waals surface area contributed by atoms with Crippen molar-refractivity contribution < 1.29 is 14.7 Å². The second-order valence-electron chi connectivity index (χ2n) is 9.80. The third-order valence-electron chi connectivity index (χ3n) is 6.41. The number of hydrogen-bond donors (Lipinski definition) is 1. The Morgan fingerprint density at radius 3 is 2.71 bits per heavy atom. The van der Waals surface area contributed by atoms with E-state index in [2.05, 4.69) is 30.7 Å². The molecule has 2 bridgehead atoms. The Morgan fingerprint density at radius 2 is 2.00 bits per heavy atom. The lowest BCUT2D eigenvalue weighted by atomic mass is 9.65. The van der Waals surface area contributed by atoms with Crippen molar-refractivity contribution in [2.24, 2.45) is 10.8 Å². The van der Waals surface area contributed by atoms with Crippen molar-refractivity contribution in [3.63, 3.8) is 0 Å². The van der Waals surface area contributed by atoms with Crippen molar-refractivity contribution in [3.05, 3.63) is 29.6 Å². The highest BCUT2D eigenvalue weighted by molar-refractivity contribution is 5.98. The van der Waals surface area contributed by atoms with Gasteiger partial charge < -0.3 is 14.6 Å². The number of benzene rings is 1. The number of aliphatic carboxylic acids is 1. The third-order valence-corrected chi connectivity index (χ3v) is 6.41. The number of aromatic nitrogens is 2. The van der Waals surface area contributed by atoms with E-state index in [0.717, 1.165) is 42.7 Å². The molecule has 28 heavy (non-hydrogen) atoms. The van der Waals surface area contributed by atoms with Gasteiger partial charge in [-0.25, -0.2) is 4.98 Å². The Hall–Kier alpha value is -2.37. The van der Waals surface area contributed by atoms with E-state index in [9.17, 15) is 9.59 Å². The first kappa shape index (κ1) is 19.0. The van der Waals surface area contributed by atoms with Crippen LogP contribution in [0.15, 0.2) is 18.2 Å². The summed E-state index contributed by atoms with van der Waals surface area (Å²) in [4.78, 5) is 30.9. The number of rotatable bonds is 4. The Morgan fingerprint density at radius 1 is 1.25 bits per heavy atom. The number of aryl methyl sites for hydroxylation is 2. The summed E-state index contributed by atoms with van der Waals surface area (Å²) in [6, 6.07) is 5.93. The number of hydrogen-bond acceptors (Lipinski definition) is 3. The fourth-order valence-electron chi connectivity index (χ4n) is 5.74. The minimum atomic E-state index is -0.829. The molecule has 6 nitrogen and oxygen atoms in total. The van der Waals surface area contributed by atoms with Gasteiger partial charge in [-0.2, -0.15) is 0 Å². The molecule has 1 aromatic carbocycles. The van der Waals surface area contributed by atoms with E-state index in [-0.39, 0.29) is 23.2 Å². The first-order valence-corrected chi connectivity index (χ1v) is 10.1. The van der Waals surface area contributed by atoms with Gasteiger partial charge in [-0.3, -0.25) is 9.59 Å². The van der Waals surface area contributed by atoms with Crippen molar-refractivity contribution >= 4 is 22.9 Å². The summed E-state index contributed by atoms with van der Waals surface area (Å²) in [6.45, 7) is 10.0. The largest absolute Gasteiger partial charge is 0.481 e. The van der Waals surface area contributed by atoms with Crippen molar-refractivity contribution in [1.82, 2.24) is 14.5 Å². The molecule has 1 saturated carbocycles. The Bertz CT molecular complexity index is 961. The average molecular weight is 383 g/mol. The molecule has 150 valence electrons. The number of carboxylic acid groups (broad SMARTS) is 1. The highest BCUT2D eigenvalue weighted by atomic mass is 16.4. The molecule has 0 radical (unpaired) electrons. The maximum absolute atomic E-state index is 13.3. The SMILES string of the molecule is Cc1nc2cc(C(=O)N3CC4(C)CC3CC(C)(C)C4)ccc2n1CCC(=O)O. The van der Waals surface area contributed by atoms with Gasteiger partial charge in [0.1, 0.15) is 5.82 Å². The summed E-state index contributed by atoms with van der Waals surface area (Å²) in [7, 11) is 0. The first-order chi connectivity index (χ1) is 13.1. The minimum absolute atomic E-state index is 0.0524. The molecule has 2 heterocycles. The minimum Gasteiger partial charge on any atom is -0.481 e. The zero-order valence-corrected chi connectivity index (χ0v) is 17.2. The fraction of sp³-hybridized carbons (Fsp3) is 0.591. The lowest BCUT2D eigenvalue weighted by Crippen LogP contribution is -2.37. The third kappa shape index (κ3) is 3.29. The normalized spacial score (nSPS) is 26.0. The number of likely N-dealkylation sites (tertiary alicyclic amines) is 1. The van der Waals surface area contributed by atoms with Gasteiger partial charge in [0.2, 0.25) is 0 Å². The molecule has 2 atom stereocenters. The van der Waals surface area contributed by atoms with E-state index < -0.39 is 5.97 Å². The lowest BCUT2D eigenvalue weighted by Gasteiger charge is -2.39. The highest BCUT2D eigenvalue weighted by Gasteiger charge is 2.51. The van der Waals surface area contributed by atoms with Gasteiger partial charge in [0.25, 0.3) is 5.91 Å². The van der Waals surface area contributed by atoms with E-state index in [1.807, 2.05) is 29.7 Å². The van der Waals surface area contributed by atoms with Gasteiger partial charge in [0.15, 0.2) is 0 Å². The summed E-state index contributed by atoms with van der Waals surface area (Å²) in [6.07, 6.45) is 3.36. The zero-order valence-electron chi connectivity index (χ0n) is 17.2. The predicted molar refractivity (Wildman–Crippen MR) is 107 cm³/mol. The lowest BCUT2D eigenvalue weighted by molar-refractivity contribution is -0.137. The predicted octanol–water partition coefficient (Wildman–Crippen LogP) is 3.86. The van der Waals surface area contributed by atoms with Gasteiger partial charge in [0.05, 0.1) is 17.5 Å². The van der Waals surface area contributed by atoms with E-state index in [4.69, 9.17) is 5.11 Å². The smallest absolute Gasteiger partial charge is 0.305 e. The monoisotopic (exact) mass is 383 g/mol. The van der Waals surface area contributed by atoms with Crippen LogP contribution in [0.3, 0.4) is 0 Å². The van der Waals surface area contributed by atoms with Crippen LogP contribution >= 0.6 is 0 Å². The van der Waals surface area contributed by atoms with E-state index in [0.29, 0.717) is 18.2 Å². The maximum atomic E-state index is 13.3. The van der Waals surface area contributed by atoms with Crippen LogP contribution in [-0.4, -0.2) is 44.0 Å². The molecule has 1 amide bonds. The van der Waals surface area contributed by atoms with Crippen molar-refractivity contribution in [2.45, 2.75) is 66.0 Å². The van der Waals surface area contributed by atoms with Crippen LogP contribution in [0, 0.1) is 17.8 Å². The Labute approximate surface area is 165 Å². The molecule has 1 aliphatic heterocycles. The van der Waals surface area contributed by atoms with Crippen LogP contribution in [-0.2, 0) is 11.3 Å². The second-order valence-corrected chi connectivity index (χ2v) is 9.80. The van der Waals surface area contributed by atoms with Crippen LogP contribution in [0.5, 0.6) is 0 Å². The number of amides is 1. The molecule has 0 spiro atoms. The zero-order chi connectivity index (χ0) is 20.3. The second kappa shape index (κ2) is 6.33. The summed E-state index contributed by atoms with van der Waals surface area (Å²) in [5.74, 6) is 0.0304. The van der Waals surface area contributed by atoms with Gasteiger partial charge in [-0.15, -0.1) is 0 Å². The van der Waals surface area contributed by atoms with Crippen molar-refractivity contribution in [3.8, 4) is 0 Å². The summed E-state index contributed by atoms with van der Waals surface area (Å²) in [5.41, 5.74) is 2.79. The van der Waals surface area contributed by atoms with Crippen LogP contribution in [0.4, 0.5) is 0 Å². The molecule has 1 saturated heterocycles. The maximum Gasteiger partial charge on any atom is 0.305 e. The van der Waals surface area contributed by atoms with Gasteiger partial charge in [-0.05, 0) is 55.2 Å². The van der Waals surface area contributed by atoms with Crippen LogP contribution < -0.4 is 0 Å². The molecule has 2 fully saturated rings. The number of carbonyl (C=O) groups is 2. The molecule has 1 aromatic heterocycles. The van der Waals surface area contributed by atoms with Gasteiger partial charge in [-0.1, -0.05) is 20.8 Å². The molecular formula is C22H29N3O3. The van der Waals surface area contributed by atoms with E-state index in [1.165, 1.54) is 0 Å². The number of carbonyl (C=O) groups excluding carboxylic acids is 1. The van der Waals surface area contributed by atoms with Crippen molar-refractivity contribution in [1.29, 1.82) is 0 Å². The highest BCUT2D eigenvalue weighted by Crippen LogP contribution is 2.52. The van der Waals surface area contributed by atoms with E-state index >= 15 is 0 Å². The van der Waals surface area contributed by atoms with Crippen LogP contribution in [0.1, 0.15) is 62.6 Å². The number of nitrogens with zero attached hydrogens (tertiary/aromatic N) is 3. The van der Waals surface area contributed by atoms with Crippen LogP contribution in [0.25, 0.3) is 11.0 Å². The Kier molecular flexibility index (Phi) is 4.28. The van der Waals surface area contributed by atoms with Crippen LogP contribution in [0.2, 0.25) is 0 Å². The summed E-state index contributed by atoms with van der Waals surface area (Å²) in [5, 5.41) is 8.96. The van der Waals surface area contributed by atoms with Gasteiger partial charge in [0, 0.05) is 24.7 Å². The average Bonchev–Trinajstić information content (AvgIpc) is 3.02. The first-order valence-electron chi connectivity index (χ1n) is 10.1. The quantitative estimate of drug-likeness (QED) is 0.870. The summed E-state index contributed by atoms with van der Waals surface area (Å²) >= 11 is 0. The molecule has 1 N–H and O–H groups in total. The topological polar surface area (TPSA) is 75.4 Å². The number of carboxylic acids is 1. The molecule has 2 aromatic rings. The molecular weight excluding hydrogens is 354 g/mol. The fourth-order valence-corrected chi connectivity index (χ4v) is 5.74. The molecule has 2 aliphatic rings. The van der Waals surface area contributed by atoms with Crippen molar-refractivity contribution in [2.75, 3.05) is 6.54 Å². The summed E-state index contributed by atoms with van der Waals surface area (Å²) < 4.78 is 1.91.